The fourth-order valence-corrected chi connectivity index (χ4v) is 3.67. The number of hydrogen-bond donors (Lipinski definition) is 1. The highest BCUT2D eigenvalue weighted by Crippen LogP contribution is 2.27. The summed E-state index contributed by atoms with van der Waals surface area (Å²) < 4.78 is 0. The average molecular weight is 389 g/mol. The van der Waals surface area contributed by atoms with Gasteiger partial charge in [-0.3, -0.25) is 4.79 Å². The Labute approximate surface area is 165 Å². The van der Waals surface area contributed by atoms with Crippen molar-refractivity contribution in [3.63, 3.8) is 0 Å². The fraction of sp³-hybridized carbons (Fsp3) is 0.333. The number of nitrogens with one attached hydrogen (secondary N) is 1. The van der Waals surface area contributed by atoms with Crippen molar-refractivity contribution in [2.24, 2.45) is 5.10 Å². The van der Waals surface area contributed by atoms with Crippen molar-refractivity contribution in [1.82, 2.24) is 5.43 Å². The number of carbonyl (C=O) groups is 1. The Kier molecular flexibility index (Phi) is 7.30. The molecule has 1 atom stereocenters. The van der Waals surface area contributed by atoms with Gasteiger partial charge in [-0.05, 0) is 55.5 Å². The predicted molar refractivity (Wildman–Crippen MR) is 112 cm³/mol. The first-order valence-electron chi connectivity index (χ1n) is 8.59. The monoisotopic (exact) mass is 388 g/mol. The van der Waals surface area contributed by atoms with Crippen molar-refractivity contribution in [3.8, 4) is 0 Å². The lowest BCUT2D eigenvalue weighted by Gasteiger charge is -2.25. The molecule has 1 amide bonds. The van der Waals surface area contributed by atoms with E-state index in [2.05, 4.69) is 36.5 Å². The summed E-state index contributed by atoms with van der Waals surface area (Å²) in [6, 6.07) is 17.8. The van der Waals surface area contributed by atoms with Crippen LogP contribution in [0.15, 0.2) is 64.6 Å². The second-order valence-corrected chi connectivity index (χ2v) is 8.81. The Bertz CT molecular complexity index is 757. The van der Waals surface area contributed by atoms with Crippen LogP contribution >= 0.6 is 23.4 Å². The van der Waals surface area contributed by atoms with E-state index in [1.54, 1.807) is 0 Å². The van der Waals surface area contributed by atoms with Gasteiger partial charge in [-0.25, -0.2) is 5.43 Å². The topological polar surface area (TPSA) is 41.5 Å². The summed E-state index contributed by atoms with van der Waals surface area (Å²) in [4.78, 5) is 13.3. The van der Waals surface area contributed by atoms with Crippen LogP contribution in [0.2, 0.25) is 5.02 Å². The molecule has 1 N–H and O–H groups in total. The molecular weight excluding hydrogens is 364 g/mol. The fourth-order valence-electron chi connectivity index (χ4n) is 2.68. The van der Waals surface area contributed by atoms with E-state index in [1.165, 1.54) is 17.3 Å². The quantitative estimate of drug-likeness (QED) is 0.376. The zero-order valence-electron chi connectivity index (χ0n) is 15.6. The number of thioether (sulfide) groups is 1. The average Bonchev–Trinajstić information content (AvgIpc) is 2.62. The predicted octanol–water partition coefficient (Wildman–Crippen LogP) is 5.68. The highest BCUT2D eigenvalue weighted by molar-refractivity contribution is 8.00. The molecule has 26 heavy (non-hydrogen) atoms. The molecule has 2 aromatic carbocycles. The van der Waals surface area contributed by atoms with Gasteiger partial charge >= 0.3 is 0 Å². The zero-order valence-corrected chi connectivity index (χ0v) is 17.2. The van der Waals surface area contributed by atoms with E-state index in [4.69, 9.17) is 11.6 Å². The number of hydrogen-bond acceptors (Lipinski definition) is 3. The first-order chi connectivity index (χ1) is 12.3. The number of benzene rings is 2. The minimum atomic E-state index is -0.241. The molecule has 5 heteroatoms. The normalized spacial score (nSPS) is 13.3. The Morgan fingerprint density at radius 1 is 1.15 bits per heavy atom. The van der Waals surface area contributed by atoms with Crippen molar-refractivity contribution in [1.29, 1.82) is 0 Å². The van der Waals surface area contributed by atoms with Crippen molar-refractivity contribution < 1.29 is 4.79 Å². The van der Waals surface area contributed by atoms with Crippen molar-refractivity contribution in [2.45, 2.75) is 49.7 Å². The minimum Gasteiger partial charge on any atom is -0.272 e. The lowest BCUT2D eigenvalue weighted by atomic mass is 9.80. The molecule has 0 saturated heterocycles. The first-order valence-corrected chi connectivity index (χ1v) is 9.84. The van der Waals surface area contributed by atoms with Gasteiger partial charge in [0.25, 0.3) is 5.91 Å². The van der Waals surface area contributed by atoms with Crippen LogP contribution in [-0.4, -0.2) is 16.9 Å². The molecule has 0 saturated carbocycles. The molecule has 0 aliphatic carbocycles. The van der Waals surface area contributed by atoms with Crippen molar-refractivity contribution >= 4 is 35.0 Å². The smallest absolute Gasteiger partial charge is 0.253 e. The van der Waals surface area contributed by atoms with Gasteiger partial charge < -0.3 is 0 Å². The number of halogens is 1. The van der Waals surface area contributed by atoms with Crippen LogP contribution in [0.4, 0.5) is 0 Å². The molecule has 0 unspecified atom stereocenters. The van der Waals surface area contributed by atoms with Crippen LogP contribution in [0.25, 0.3) is 0 Å². The van der Waals surface area contributed by atoms with Crippen LogP contribution in [0.3, 0.4) is 0 Å². The van der Waals surface area contributed by atoms with Gasteiger partial charge in [-0.15, -0.1) is 11.8 Å². The van der Waals surface area contributed by atoms with E-state index in [9.17, 15) is 4.79 Å². The summed E-state index contributed by atoms with van der Waals surface area (Å²) in [5.74, 6) is -0.109. The summed E-state index contributed by atoms with van der Waals surface area (Å²) in [5, 5.41) is 4.74. The van der Waals surface area contributed by atoms with Crippen molar-refractivity contribution in [3.05, 3.63) is 65.2 Å². The largest absolute Gasteiger partial charge is 0.272 e. The summed E-state index contributed by atoms with van der Waals surface area (Å²) >= 11 is 7.37. The van der Waals surface area contributed by atoms with E-state index in [0.717, 1.165) is 17.0 Å². The van der Waals surface area contributed by atoms with Gasteiger partial charge in [0.15, 0.2) is 0 Å². The maximum absolute atomic E-state index is 12.3. The van der Waals surface area contributed by atoms with Gasteiger partial charge in [-0.2, -0.15) is 5.10 Å². The molecule has 138 valence electrons. The van der Waals surface area contributed by atoms with E-state index in [1.807, 2.05) is 56.3 Å². The standard InChI is InChI=1S/C21H25ClN2OS/c1-15(14-21(3,4)17-8-6-5-7-9-17)23-24-20(25)16(2)26-19-12-10-18(22)11-13-19/h5-13,16H,14H2,1-4H3,(H,24,25)/b23-15-/t16-/m0/s1. The van der Waals surface area contributed by atoms with Gasteiger partial charge in [0.2, 0.25) is 0 Å². The molecule has 0 heterocycles. The minimum absolute atomic E-state index is 0.0384. The number of carbonyl (C=O) groups excluding carboxylic acids is 1. The van der Waals surface area contributed by atoms with E-state index >= 15 is 0 Å². The summed E-state index contributed by atoms with van der Waals surface area (Å²) in [7, 11) is 0. The number of rotatable bonds is 7. The highest BCUT2D eigenvalue weighted by atomic mass is 35.5. The second-order valence-electron chi connectivity index (χ2n) is 6.96. The molecular formula is C21H25ClN2OS. The summed E-state index contributed by atoms with van der Waals surface area (Å²) in [6.07, 6.45) is 0.774. The molecule has 0 bridgehead atoms. The molecule has 2 aromatic rings. The van der Waals surface area contributed by atoms with Crippen LogP contribution in [-0.2, 0) is 10.2 Å². The van der Waals surface area contributed by atoms with E-state index in [-0.39, 0.29) is 16.6 Å². The van der Waals surface area contributed by atoms with Gasteiger partial charge in [0.05, 0.1) is 5.25 Å². The van der Waals surface area contributed by atoms with Crippen LogP contribution in [0.5, 0.6) is 0 Å². The highest BCUT2D eigenvalue weighted by Gasteiger charge is 2.21. The van der Waals surface area contributed by atoms with Crippen LogP contribution in [0, 0.1) is 0 Å². The van der Waals surface area contributed by atoms with Gasteiger partial charge in [0.1, 0.15) is 0 Å². The molecule has 0 aliphatic heterocycles. The molecule has 0 spiro atoms. The first kappa shape index (κ1) is 20.5. The Hall–Kier alpha value is -1.78. The lowest BCUT2D eigenvalue weighted by Crippen LogP contribution is -2.29. The third-order valence-corrected chi connectivity index (χ3v) is 5.47. The number of amides is 1. The molecule has 2 rings (SSSR count). The molecule has 0 aliphatic rings. The Morgan fingerprint density at radius 3 is 2.38 bits per heavy atom. The third-order valence-electron chi connectivity index (χ3n) is 4.11. The summed E-state index contributed by atoms with van der Waals surface area (Å²) in [5.41, 5.74) is 4.81. The number of nitrogens with zero attached hydrogens (tertiary/aromatic N) is 1. The Balaban J connectivity index is 1.90. The lowest BCUT2D eigenvalue weighted by molar-refractivity contribution is -0.120. The Morgan fingerprint density at radius 2 is 1.77 bits per heavy atom. The molecule has 0 fully saturated rings. The van der Waals surface area contributed by atoms with Gasteiger partial charge in [-0.1, -0.05) is 55.8 Å². The third kappa shape index (κ3) is 6.19. The summed E-state index contributed by atoms with van der Waals surface area (Å²) in [6.45, 7) is 8.18. The van der Waals surface area contributed by atoms with Crippen LogP contribution in [0.1, 0.15) is 39.7 Å². The zero-order chi connectivity index (χ0) is 19.2. The maximum atomic E-state index is 12.3. The van der Waals surface area contributed by atoms with Crippen LogP contribution < -0.4 is 5.43 Å². The van der Waals surface area contributed by atoms with Gasteiger partial charge in [0, 0.05) is 15.6 Å². The van der Waals surface area contributed by atoms with E-state index < -0.39 is 0 Å². The van der Waals surface area contributed by atoms with Crippen molar-refractivity contribution in [2.75, 3.05) is 0 Å². The van der Waals surface area contributed by atoms with E-state index in [0.29, 0.717) is 5.02 Å². The molecule has 3 nitrogen and oxygen atoms in total. The second kappa shape index (κ2) is 9.24. The SMILES string of the molecule is C/C(CC(C)(C)c1ccccc1)=N/NC(=O)[C@H](C)Sc1ccc(Cl)cc1. The molecule has 0 aromatic heterocycles. The number of hydrazone groups is 1. The molecule has 0 radical (unpaired) electrons. The maximum Gasteiger partial charge on any atom is 0.253 e.